The third kappa shape index (κ3) is 4.50. The lowest BCUT2D eigenvalue weighted by Crippen LogP contribution is -2.25. The maximum absolute atomic E-state index is 12.7. The minimum Gasteiger partial charge on any atom is -0.402 e. The number of esters is 1. The lowest BCUT2D eigenvalue weighted by Gasteiger charge is -2.24. The van der Waals surface area contributed by atoms with Gasteiger partial charge < -0.3 is 4.74 Å². The Morgan fingerprint density at radius 1 is 1.09 bits per heavy atom. The molecule has 4 rings (SSSR count). The van der Waals surface area contributed by atoms with Crippen molar-refractivity contribution in [1.29, 1.82) is 0 Å². The van der Waals surface area contributed by atoms with Crippen LogP contribution in [0.1, 0.15) is 48.7 Å². The maximum atomic E-state index is 12.7. The van der Waals surface area contributed by atoms with Crippen molar-refractivity contribution in [3.8, 4) is 0 Å². The SMILES string of the molecule is CCc1cccc(CC)c1N(C(C)=O)c1nc(/C=C2/N=C(c3ccccc3C)OC2=O)cs1. The van der Waals surface area contributed by atoms with Gasteiger partial charge in [-0.3, -0.25) is 9.69 Å². The lowest BCUT2D eigenvalue weighted by molar-refractivity contribution is -0.130. The predicted octanol–water partition coefficient (Wildman–Crippen LogP) is 5.61. The van der Waals surface area contributed by atoms with Gasteiger partial charge in [-0.15, -0.1) is 11.3 Å². The molecule has 2 aromatic carbocycles. The van der Waals surface area contributed by atoms with Crippen LogP contribution < -0.4 is 4.90 Å². The fourth-order valence-electron chi connectivity index (χ4n) is 3.81. The first-order chi connectivity index (χ1) is 15.9. The zero-order chi connectivity index (χ0) is 23.5. The summed E-state index contributed by atoms with van der Waals surface area (Å²) in [7, 11) is 0. The van der Waals surface area contributed by atoms with Crippen LogP contribution in [0.25, 0.3) is 6.08 Å². The van der Waals surface area contributed by atoms with Gasteiger partial charge in [0.2, 0.25) is 11.8 Å². The molecule has 33 heavy (non-hydrogen) atoms. The van der Waals surface area contributed by atoms with Gasteiger partial charge in [-0.25, -0.2) is 14.8 Å². The highest BCUT2D eigenvalue weighted by molar-refractivity contribution is 7.14. The zero-order valence-corrected chi connectivity index (χ0v) is 19.9. The lowest BCUT2D eigenvalue weighted by atomic mass is 10.0. The minimum absolute atomic E-state index is 0.112. The van der Waals surface area contributed by atoms with E-state index in [1.807, 2.05) is 54.8 Å². The number of rotatable bonds is 6. The molecule has 7 heteroatoms. The molecule has 0 aliphatic carbocycles. The van der Waals surface area contributed by atoms with Crippen LogP contribution in [0.2, 0.25) is 0 Å². The van der Waals surface area contributed by atoms with Crippen molar-refractivity contribution < 1.29 is 14.3 Å². The summed E-state index contributed by atoms with van der Waals surface area (Å²) in [6.45, 7) is 7.63. The van der Waals surface area contributed by atoms with Crippen LogP contribution in [0.3, 0.4) is 0 Å². The van der Waals surface area contributed by atoms with E-state index in [-0.39, 0.29) is 17.5 Å². The van der Waals surface area contributed by atoms with Gasteiger partial charge in [-0.2, -0.15) is 0 Å². The Kier molecular flexibility index (Phi) is 6.51. The number of aromatic nitrogens is 1. The Morgan fingerprint density at radius 2 is 1.79 bits per heavy atom. The molecule has 1 aliphatic rings. The van der Waals surface area contributed by atoms with Crippen molar-refractivity contribution in [2.24, 2.45) is 4.99 Å². The Bertz CT molecular complexity index is 1270. The van der Waals surface area contributed by atoms with Crippen LogP contribution in [0.4, 0.5) is 10.8 Å². The summed E-state index contributed by atoms with van der Waals surface area (Å²) in [4.78, 5) is 35.8. The van der Waals surface area contributed by atoms with Crippen molar-refractivity contribution in [1.82, 2.24) is 4.98 Å². The second-order valence-electron chi connectivity index (χ2n) is 7.69. The molecule has 168 valence electrons. The molecule has 0 atom stereocenters. The van der Waals surface area contributed by atoms with Crippen molar-refractivity contribution in [2.45, 2.75) is 40.5 Å². The summed E-state index contributed by atoms with van der Waals surface area (Å²) < 4.78 is 5.39. The van der Waals surface area contributed by atoms with E-state index >= 15 is 0 Å². The van der Waals surface area contributed by atoms with Crippen LogP contribution in [-0.4, -0.2) is 22.8 Å². The molecule has 3 aromatic rings. The maximum Gasteiger partial charge on any atom is 0.363 e. The summed E-state index contributed by atoms with van der Waals surface area (Å²) in [5, 5.41) is 2.37. The van der Waals surface area contributed by atoms with Gasteiger partial charge in [0.1, 0.15) is 0 Å². The van der Waals surface area contributed by atoms with Crippen molar-refractivity contribution in [3.63, 3.8) is 0 Å². The number of benzene rings is 2. The third-order valence-corrected chi connectivity index (χ3v) is 6.33. The number of amides is 1. The molecule has 0 N–H and O–H groups in total. The largest absolute Gasteiger partial charge is 0.402 e. The zero-order valence-electron chi connectivity index (χ0n) is 19.1. The number of aryl methyl sites for hydroxylation is 3. The number of hydrogen-bond donors (Lipinski definition) is 0. The average molecular weight is 460 g/mol. The molecule has 0 bridgehead atoms. The van der Waals surface area contributed by atoms with Gasteiger partial charge in [0.15, 0.2) is 10.8 Å². The van der Waals surface area contributed by atoms with E-state index in [4.69, 9.17) is 4.74 Å². The molecule has 1 aromatic heterocycles. The molecule has 0 fully saturated rings. The summed E-state index contributed by atoms with van der Waals surface area (Å²) in [5.74, 6) is -0.343. The second kappa shape index (κ2) is 9.50. The summed E-state index contributed by atoms with van der Waals surface area (Å²) in [6, 6.07) is 13.7. The second-order valence-corrected chi connectivity index (χ2v) is 8.53. The first-order valence-corrected chi connectivity index (χ1v) is 11.8. The van der Waals surface area contributed by atoms with E-state index in [0.717, 1.165) is 40.8 Å². The highest BCUT2D eigenvalue weighted by atomic mass is 32.1. The molecular weight excluding hydrogens is 434 g/mol. The number of carbonyl (C=O) groups excluding carboxylic acids is 2. The number of carbonyl (C=O) groups is 2. The van der Waals surface area contributed by atoms with Crippen LogP contribution in [0.15, 0.2) is 58.5 Å². The number of aliphatic imine (C=N–C) groups is 1. The molecule has 6 nitrogen and oxygen atoms in total. The number of thiazole rings is 1. The van der Waals surface area contributed by atoms with E-state index in [2.05, 4.69) is 23.8 Å². The molecule has 0 saturated heterocycles. The van der Waals surface area contributed by atoms with Gasteiger partial charge in [0.25, 0.3) is 0 Å². The highest BCUT2D eigenvalue weighted by Gasteiger charge is 2.26. The van der Waals surface area contributed by atoms with Crippen molar-refractivity contribution >= 4 is 46.0 Å². The minimum atomic E-state index is -0.518. The van der Waals surface area contributed by atoms with Crippen LogP contribution in [0.5, 0.6) is 0 Å². The van der Waals surface area contributed by atoms with E-state index in [0.29, 0.717) is 10.8 Å². The Balaban J connectivity index is 1.70. The number of cyclic esters (lactones) is 1. The topological polar surface area (TPSA) is 71.9 Å². The highest BCUT2D eigenvalue weighted by Crippen LogP contribution is 2.35. The normalized spacial score (nSPS) is 14.4. The molecule has 0 radical (unpaired) electrons. The third-order valence-electron chi connectivity index (χ3n) is 5.49. The first-order valence-electron chi connectivity index (χ1n) is 10.9. The van der Waals surface area contributed by atoms with Crippen molar-refractivity contribution in [2.75, 3.05) is 4.90 Å². The van der Waals surface area contributed by atoms with Crippen LogP contribution in [-0.2, 0) is 27.2 Å². The van der Waals surface area contributed by atoms with E-state index < -0.39 is 5.97 Å². The molecule has 1 aliphatic heterocycles. The van der Waals surface area contributed by atoms with Gasteiger partial charge >= 0.3 is 5.97 Å². The summed E-state index contributed by atoms with van der Waals surface area (Å²) >= 11 is 1.35. The molecule has 0 unspecified atom stereocenters. The fraction of sp³-hybridized carbons (Fsp3) is 0.231. The van der Waals surface area contributed by atoms with Gasteiger partial charge in [-0.1, -0.05) is 50.2 Å². The smallest absolute Gasteiger partial charge is 0.363 e. The number of para-hydroxylation sites is 1. The Labute approximate surface area is 197 Å². The van der Waals surface area contributed by atoms with Gasteiger partial charge in [-0.05, 0) is 48.6 Å². The molecule has 0 spiro atoms. The summed E-state index contributed by atoms with van der Waals surface area (Å²) in [5.41, 5.74) is 5.55. The van der Waals surface area contributed by atoms with E-state index in [1.165, 1.54) is 11.3 Å². The van der Waals surface area contributed by atoms with Crippen LogP contribution in [0, 0.1) is 6.92 Å². The predicted molar refractivity (Wildman–Crippen MR) is 132 cm³/mol. The van der Waals surface area contributed by atoms with E-state index in [9.17, 15) is 9.59 Å². The quantitative estimate of drug-likeness (QED) is 0.355. The number of nitrogens with zero attached hydrogens (tertiary/aromatic N) is 3. The van der Waals surface area contributed by atoms with Gasteiger partial charge in [0.05, 0.1) is 11.4 Å². The first kappa shape index (κ1) is 22.6. The Morgan fingerprint density at radius 3 is 2.42 bits per heavy atom. The van der Waals surface area contributed by atoms with Gasteiger partial charge in [0, 0.05) is 17.9 Å². The number of ether oxygens (including phenoxy) is 1. The summed E-state index contributed by atoms with van der Waals surface area (Å²) in [6.07, 6.45) is 3.20. The average Bonchev–Trinajstić information content (AvgIpc) is 3.41. The number of anilines is 2. The number of hydrogen-bond acceptors (Lipinski definition) is 6. The van der Waals surface area contributed by atoms with Crippen molar-refractivity contribution in [3.05, 3.63) is 81.5 Å². The molecule has 0 saturated carbocycles. The fourth-order valence-corrected chi connectivity index (χ4v) is 4.64. The monoisotopic (exact) mass is 459 g/mol. The molecule has 2 heterocycles. The Hall–Kier alpha value is -3.58. The standard InChI is InChI=1S/C26H25N3O3S/c1-5-18-11-9-12-19(6-2)23(18)29(17(4)30)26-27-20(15-33-26)14-22-25(31)32-24(28-22)21-13-8-7-10-16(21)3/h7-15H,5-6H2,1-4H3/b22-14+. The molecule has 1 amide bonds. The molecular formula is C26H25N3O3S. The van der Waals surface area contributed by atoms with E-state index in [1.54, 1.807) is 17.9 Å². The van der Waals surface area contributed by atoms with Crippen LogP contribution >= 0.6 is 11.3 Å².